The van der Waals surface area contributed by atoms with E-state index in [9.17, 15) is 31.1 Å². The zero-order chi connectivity index (χ0) is 26.7. The maximum atomic E-state index is 13.0. The quantitative estimate of drug-likeness (QED) is 0.417. The number of aromatic nitrogens is 2. The summed E-state index contributed by atoms with van der Waals surface area (Å²) in [5.74, 6) is 0.937. The lowest BCUT2D eigenvalue weighted by Crippen LogP contribution is -2.28. The molecule has 2 aromatic carbocycles. The molecule has 36 heavy (non-hydrogen) atoms. The van der Waals surface area contributed by atoms with Crippen molar-refractivity contribution < 1.29 is 49.9 Å². The van der Waals surface area contributed by atoms with Gasteiger partial charge in [0.05, 0.1) is 39.0 Å². The Morgan fingerprint density at radius 2 is 1.44 bits per heavy atom. The smallest absolute Gasteiger partial charge is 0.416 e. The number of nitrogens with zero attached hydrogens (tertiary/aromatic N) is 2. The Kier molecular flexibility index (Phi) is 7.50. The summed E-state index contributed by atoms with van der Waals surface area (Å²) in [6, 6.07) is 2.69. The van der Waals surface area contributed by atoms with E-state index in [0.717, 1.165) is 0 Å². The Morgan fingerprint density at radius 3 is 1.92 bits per heavy atom. The molecule has 15 heteroatoms. The van der Waals surface area contributed by atoms with E-state index < -0.39 is 35.2 Å². The lowest BCUT2D eigenvalue weighted by molar-refractivity contribution is -0.143. The summed E-state index contributed by atoms with van der Waals surface area (Å²) in [5.41, 5.74) is -3.44. The number of carbonyl (C=O) groups is 1. The highest BCUT2D eigenvalue weighted by molar-refractivity contribution is 5.89. The number of ether oxygens (including phenoxy) is 3. The van der Waals surface area contributed by atoms with E-state index in [2.05, 4.69) is 15.5 Å². The second kappa shape index (κ2) is 10.2. The lowest BCUT2D eigenvalue weighted by Gasteiger charge is -2.14. The van der Waals surface area contributed by atoms with Crippen LogP contribution in [0.15, 0.2) is 34.9 Å². The zero-order valence-electron chi connectivity index (χ0n) is 18.8. The van der Waals surface area contributed by atoms with Crippen molar-refractivity contribution in [2.24, 2.45) is 0 Å². The third-order valence-electron chi connectivity index (χ3n) is 4.64. The van der Waals surface area contributed by atoms with E-state index in [1.807, 2.05) is 5.32 Å². The van der Waals surface area contributed by atoms with Crippen molar-refractivity contribution >= 4 is 11.7 Å². The number of rotatable bonds is 7. The number of amides is 2. The number of nitrogens with one attached hydrogen (secondary N) is 2. The van der Waals surface area contributed by atoms with Crippen LogP contribution in [-0.4, -0.2) is 37.5 Å². The Balaban J connectivity index is 1.73. The summed E-state index contributed by atoms with van der Waals surface area (Å²) in [4.78, 5) is 16.2. The molecule has 2 amide bonds. The molecule has 0 fully saturated rings. The second-order valence-corrected chi connectivity index (χ2v) is 7.03. The molecule has 3 aromatic rings. The van der Waals surface area contributed by atoms with Gasteiger partial charge in [0.2, 0.25) is 17.5 Å². The summed E-state index contributed by atoms with van der Waals surface area (Å²) < 4.78 is 98.6. The number of urea groups is 1. The molecule has 0 bridgehead atoms. The summed E-state index contributed by atoms with van der Waals surface area (Å²) in [5, 5.41) is 7.92. The number of anilines is 1. The summed E-state index contributed by atoms with van der Waals surface area (Å²) in [6.45, 7) is -0.381. The number of benzene rings is 2. The van der Waals surface area contributed by atoms with Crippen LogP contribution >= 0.6 is 0 Å². The van der Waals surface area contributed by atoms with Crippen molar-refractivity contribution in [3.05, 3.63) is 47.3 Å². The first kappa shape index (κ1) is 26.4. The maximum Gasteiger partial charge on any atom is 0.416 e. The summed E-state index contributed by atoms with van der Waals surface area (Å²) >= 11 is 0. The first-order chi connectivity index (χ1) is 16.8. The topological polar surface area (TPSA) is 108 Å². The molecule has 0 radical (unpaired) electrons. The van der Waals surface area contributed by atoms with Crippen LogP contribution in [0.2, 0.25) is 0 Å². The molecule has 0 aliphatic rings. The lowest BCUT2D eigenvalue weighted by atomic mass is 10.1. The molecule has 0 saturated carbocycles. The molecule has 0 unspecified atom stereocenters. The third kappa shape index (κ3) is 6.09. The first-order valence-corrected chi connectivity index (χ1v) is 9.83. The molecule has 1 heterocycles. The highest BCUT2D eigenvalue weighted by atomic mass is 19.4. The minimum absolute atomic E-state index is 0.0494. The van der Waals surface area contributed by atoms with Gasteiger partial charge in [0.25, 0.3) is 0 Å². The average Bonchev–Trinajstić information content (AvgIpc) is 3.29. The monoisotopic (exact) mass is 520 g/mol. The number of carbonyl (C=O) groups excluding carboxylic acids is 1. The average molecular weight is 520 g/mol. The molecule has 9 nitrogen and oxygen atoms in total. The predicted molar refractivity (Wildman–Crippen MR) is 112 cm³/mol. The van der Waals surface area contributed by atoms with Crippen LogP contribution in [0.3, 0.4) is 0 Å². The molecule has 0 saturated heterocycles. The normalized spacial score (nSPS) is 11.7. The van der Waals surface area contributed by atoms with Crippen molar-refractivity contribution in [3.63, 3.8) is 0 Å². The number of hydrogen-bond acceptors (Lipinski definition) is 7. The van der Waals surface area contributed by atoms with Gasteiger partial charge in [-0.05, 0) is 30.3 Å². The number of halogens is 6. The van der Waals surface area contributed by atoms with Gasteiger partial charge in [-0.15, -0.1) is 0 Å². The van der Waals surface area contributed by atoms with Gasteiger partial charge in [-0.25, -0.2) is 4.79 Å². The van der Waals surface area contributed by atoms with Crippen LogP contribution in [0.5, 0.6) is 17.2 Å². The van der Waals surface area contributed by atoms with Crippen molar-refractivity contribution in [3.8, 4) is 28.6 Å². The maximum absolute atomic E-state index is 13.0. The van der Waals surface area contributed by atoms with Crippen molar-refractivity contribution in [1.82, 2.24) is 15.5 Å². The van der Waals surface area contributed by atoms with Gasteiger partial charge in [0.15, 0.2) is 11.5 Å². The molecule has 1 aromatic heterocycles. The third-order valence-corrected chi connectivity index (χ3v) is 4.64. The largest absolute Gasteiger partial charge is 0.493 e. The Bertz CT molecular complexity index is 1190. The van der Waals surface area contributed by atoms with Gasteiger partial charge in [-0.2, -0.15) is 31.3 Å². The van der Waals surface area contributed by atoms with Crippen molar-refractivity contribution in [1.29, 1.82) is 0 Å². The van der Waals surface area contributed by atoms with Gasteiger partial charge in [-0.3, -0.25) is 0 Å². The van der Waals surface area contributed by atoms with Crippen LogP contribution in [0, 0.1) is 0 Å². The van der Waals surface area contributed by atoms with E-state index in [1.54, 1.807) is 12.1 Å². The molecule has 194 valence electrons. The molecular formula is C21H18F6N4O5. The molecule has 0 spiro atoms. The van der Waals surface area contributed by atoms with Gasteiger partial charge in [-0.1, -0.05) is 5.16 Å². The SMILES string of the molecule is COc1cc(-c2noc(CNC(=O)Nc3cc(C(F)(F)F)cc(C(F)(F)F)c3)n2)cc(OC)c1OC. The molecule has 0 atom stereocenters. The van der Waals surface area contributed by atoms with Gasteiger partial charge < -0.3 is 29.4 Å². The molecular weight excluding hydrogens is 502 g/mol. The predicted octanol–water partition coefficient (Wildman–Crippen LogP) is 5.12. The summed E-state index contributed by atoms with van der Waals surface area (Å²) in [7, 11) is 4.24. The van der Waals surface area contributed by atoms with Crippen molar-refractivity contribution in [2.75, 3.05) is 26.6 Å². The van der Waals surface area contributed by atoms with Gasteiger partial charge in [0, 0.05) is 11.3 Å². The Morgan fingerprint density at radius 1 is 0.889 bits per heavy atom. The fraction of sp³-hybridized carbons (Fsp3) is 0.286. The van der Waals surface area contributed by atoms with Crippen LogP contribution < -0.4 is 24.8 Å². The van der Waals surface area contributed by atoms with Crippen molar-refractivity contribution in [2.45, 2.75) is 18.9 Å². The Labute approximate surface area is 199 Å². The number of alkyl halides is 6. The van der Waals surface area contributed by atoms with E-state index in [1.165, 1.54) is 21.3 Å². The molecule has 0 aliphatic carbocycles. The highest BCUT2D eigenvalue weighted by Gasteiger charge is 2.37. The zero-order valence-corrected chi connectivity index (χ0v) is 18.8. The van der Waals surface area contributed by atoms with Gasteiger partial charge in [0.1, 0.15) is 0 Å². The number of methoxy groups -OCH3 is 3. The van der Waals surface area contributed by atoms with Crippen LogP contribution in [0.1, 0.15) is 17.0 Å². The highest BCUT2D eigenvalue weighted by Crippen LogP contribution is 2.41. The van der Waals surface area contributed by atoms with E-state index in [0.29, 0.717) is 34.9 Å². The van der Waals surface area contributed by atoms with E-state index in [-0.39, 0.29) is 24.3 Å². The second-order valence-electron chi connectivity index (χ2n) is 7.03. The molecule has 2 N–H and O–H groups in total. The summed E-state index contributed by atoms with van der Waals surface area (Å²) in [6.07, 6.45) is -10.1. The first-order valence-electron chi connectivity index (χ1n) is 9.83. The van der Waals surface area contributed by atoms with Gasteiger partial charge >= 0.3 is 18.4 Å². The minimum atomic E-state index is -5.05. The van der Waals surface area contributed by atoms with E-state index >= 15 is 0 Å². The fourth-order valence-electron chi connectivity index (χ4n) is 3.01. The molecule has 3 rings (SSSR count). The standard InChI is InChI=1S/C21H18F6N4O5/c1-33-14-4-10(5-15(34-2)17(14)35-3)18-30-16(36-31-18)9-28-19(32)29-13-7-11(20(22,23)24)6-12(8-13)21(25,26)27/h4-8H,9H2,1-3H3,(H2,28,29,32). The van der Waals surface area contributed by atoms with Crippen LogP contribution in [-0.2, 0) is 18.9 Å². The van der Waals surface area contributed by atoms with Crippen LogP contribution in [0.25, 0.3) is 11.4 Å². The molecule has 0 aliphatic heterocycles. The minimum Gasteiger partial charge on any atom is -0.493 e. The Hall–Kier alpha value is -4.17. The number of hydrogen-bond donors (Lipinski definition) is 2. The fourth-order valence-corrected chi connectivity index (χ4v) is 3.01. The van der Waals surface area contributed by atoms with Crippen LogP contribution in [0.4, 0.5) is 36.8 Å². The van der Waals surface area contributed by atoms with E-state index in [4.69, 9.17) is 18.7 Å².